The summed E-state index contributed by atoms with van der Waals surface area (Å²) in [6.45, 7) is 5.98. The van der Waals surface area contributed by atoms with Gasteiger partial charge in [-0.05, 0) is 5.21 Å². The topological polar surface area (TPSA) is 98.7 Å². The van der Waals surface area contributed by atoms with Gasteiger partial charge in [-0.25, -0.2) is 0 Å². The molecule has 8 nitrogen and oxygen atoms in total. The average Bonchev–Trinajstić information content (AvgIpc) is 3.17. The van der Waals surface area contributed by atoms with Crippen LogP contribution in [0.1, 0.15) is 26.5 Å². The van der Waals surface area contributed by atoms with E-state index in [9.17, 15) is 4.79 Å². The maximum Gasteiger partial charge on any atom is 0.250 e. The maximum atomic E-state index is 12.1. The predicted octanol–water partition coefficient (Wildman–Crippen LogP) is 2.26. The predicted molar refractivity (Wildman–Crippen MR) is 87.1 cm³/mol. The number of nitrogens with one attached hydrogen (secondary N) is 1. The number of tetrazole rings is 1. The number of benzene rings is 1. The van der Waals surface area contributed by atoms with Crippen molar-refractivity contribution in [2.24, 2.45) is 0 Å². The highest BCUT2D eigenvalue weighted by molar-refractivity contribution is 5.89. The van der Waals surface area contributed by atoms with E-state index in [0.717, 1.165) is 11.3 Å². The molecule has 0 radical (unpaired) electrons. The Morgan fingerprint density at radius 2 is 2.00 bits per heavy atom. The third-order valence-electron chi connectivity index (χ3n) is 3.31. The Labute approximate surface area is 138 Å². The molecule has 0 atom stereocenters. The van der Waals surface area contributed by atoms with Crippen molar-refractivity contribution in [3.8, 4) is 11.4 Å². The second-order valence-corrected chi connectivity index (χ2v) is 6.38. The van der Waals surface area contributed by atoms with Crippen LogP contribution in [0.5, 0.6) is 0 Å². The molecule has 24 heavy (non-hydrogen) atoms. The third-order valence-corrected chi connectivity index (χ3v) is 3.31. The number of anilines is 1. The van der Waals surface area contributed by atoms with Crippen LogP contribution in [0.25, 0.3) is 11.4 Å². The fourth-order valence-corrected chi connectivity index (χ4v) is 2.01. The smallest absolute Gasteiger partial charge is 0.250 e. The van der Waals surface area contributed by atoms with Crippen LogP contribution in [0.15, 0.2) is 40.9 Å². The van der Waals surface area contributed by atoms with Crippen molar-refractivity contribution in [3.63, 3.8) is 0 Å². The molecule has 3 aromatic rings. The van der Waals surface area contributed by atoms with Crippen molar-refractivity contribution in [2.45, 2.75) is 32.7 Å². The standard InChI is InChI=1S/C16H18N6O2/c1-16(2,3)12-9-14(24-20-12)17-13(23)10-22-19-15(18-21-22)11-7-5-4-6-8-11/h4-9H,10H2,1-3H3,(H,17,23). The maximum absolute atomic E-state index is 12.1. The van der Waals surface area contributed by atoms with Gasteiger partial charge in [0, 0.05) is 17.0 Å². The Bertz CT molecular complexity index is 832. The lowest BCUT2D eigenvalue weighted by Gasteiger charge is -2.12. The van der Waals surface area contributed by atoms with E-state index in [0.29, 0.717) is 11.7 Å². The lowest BCUT2D eigenvalue weighted by atomic mass is 9.92. The Kier molecular flexibility index (Phi) is 4.11. The molecule has 0 aliphatic carbocycles. The molecule has 2 heterocycles. The molecule has 0 aliphatic rings. The van der Waals surface area contributed by atoms with E-state index in [1.807, 2.05) is 51.1 Å². The second kappa shape index (κ2) is 6.23. The number of hydrogen-bond donors (Lipinski definition) is 1. The van der Waals surface area contributed by atoms with Gasteiger partial charge in [0.25, 0.3) is 0 Å². The van der Waals surface area contributed by atoms with Gasteiger partial charge >= 0.3 is 0 Å². The molecule has 0 saturated carbocycles. The molecule has 0 saturated heterocycles. The Hall–Kier alpha value is -3.03. The highest BCUT2D eigenvalue weighted by Crippen LogP contribution is 2.23. The molecule has 0 fully saturated rings. The van der Waals surface area contributed by atoms with Crippen molar-refractivity contribution < 1.29 is 9.32 Å². The molecule has 1 amide bonds. The summed E-state index contributed by atoms with van der Waals surface area (Å²) in [5, 5.41) is 18.6. The molecule has 8 heteroatoms. The first-order chi connectivity index (χ1) is 11.4. The van der Waals surface area contributed by atoms with Gasteiger partial charge in [0.05, 0.1) is 5.69 Å². The fourth-order valence-electron chi connectivity index (χ4n) is 2.01. The summed E-state index contributed by atoms with van der Waals surface area (Å²) in [6, 6.07) is 11.2. The van der Waals surface area contributed by atoms with Crippen LogP contribution in [0.3, 0.4) is 0 Å². The number of nitrogens with zero attached hydrogens (tertiary/aromatic N) is 5. The molecule has 0 spiro atoms. The molecule has 0 aliphatic heterocycles. The van der Waals surface area contributed by atoms with Crippen molar-refractivity contribution in [1.82, 2.24) is 25.4 Å². The largest absolute Gasteiger partial charge is 0.338 e. The molecule has 2 aromatic heterocycles. The van der Waals surface area contributed by atoms with Gasteiger partial charge in [0.1, 0.15) is 6.54 Å². The van der Waals surface area contributed by atoms with Gasteiger partial charge in [-0.15, -0.1) is 10.2 Å². The highest BCUT2D eigenvalue weighted by atomic mass is 16.5. The molecule has 3 rings (SSSR count). The van der Waals surface area contributed by atoms with Crippen LogP contribution >= 0.6 is 0 Å². The van der Waals surface area contributed by atoms with Crippen molar-refractivity contribution in [3.05, 3.63) is 42.1 Å². The third kappa shape index (κ3) is 3.65. The van der Waals surface area contributed by atoms with E-state index >= 15 is 0 Å². The normalized spacial score (nSPS) is 11.5. The van der Waals surface area contributed by atoms with Gasteiger partial charge in [-0.3, -0.25) is 10.1 Å². The van der Waals surface area contributed by atoms with Crippen molar-refractivity contribution in [2.75, 3.05) is 5.32 Å². The van der Waals surface area contributed by atoms with E-state index in [2.05, 4.69) is 25.9 Å². The van der Waals surface area contributed by atoms with Crippen LogP contribution in [-0.2, 0) is 16.8 Å². The number of carbonyl (C=O) groups is 1. The number of carbonyl (C=O) groups excluding carboxylic acids is 1. The molecular weight excluding hydrogens is 308 g/mol. The molecule has 1 aromatic carbocycles. The van der Waals surface area contributed by atoms with E-state index < -0.39 is 0 Å². The fraction of sp³-hybridized carbons (Fsp3) is 0.312. The lowest BCUT2D eigenvalue weighted by molar-refractivity contribution is -0.117. The van der Waals surface area contributed by atoms with Gasteiger partial charge in [-0.2, -0.15) is 4.80 Å². The number of hydrogen-bond acceptors (Lipinski definition) is 6. The lowest BCUT2D eigenvalue weighted by Crippen LogP contribution is -2.20. The number of rotatable bonds is 4. The first-order valence-electron chi connectivity index (χ1n) is 7.52. The molecular formula is C16H18N6O2. The van der Waals surface area contributed by atoms with E-state index in [4.69, 9.17) is 4.52 Å². The molecule has 1 N–H and O–H groups in total. The van der Waals surface area contributed by atoms with Gasteiger partial charge < -0.3 is 4.52 Å². The number of aromatic nitrogens is 5. The van der Waals surface area contributed by atoms with E-state index in [1.54, 1.807) is 6.07 Å². The van der Waals surface area contributed by atoms with Crippen molar-refractivity contribution >= 4 is 11.8 Å². The summed E-state index contributed by atoms with van der Waals surface area (Å²) in [5.41, 5.74) is 1.46. The number of amides is 1. The average molecular weight is 326 g/mol. The SMILES string of the molecule is CC(C)(C)c1cc(NC(=O)Cn2nnc(-c3ccccc3)n2)on1. The Balaban J connectivity index is 1.63. The zero-order valence-electron chi connectivity index (χ0n) is 13.7. The van der Waals surface area contributed by atoms with Crippen LogP contribution in [0, 0.1) is 0 Å². The molecule has 0 unspecified atom stereocenters. The zero-order valence-corrected chi connectivity index (χ0v) is 13.7. The summed E-state index contributed by atoms with van der Waals surface area (Å²) in [7, 11) is 0. The van der Waals surface area contributed by atoms with Crippen LogP contribution in [0.4, 0.5) is 5.88 Å². The van der Waals surface area contributed by atoms with Gasteiger partial charge in [-0.1, -0.05) is 56.3 Å². The first-order valence-corrected chi connectivity index (χ1v) is 7.52. The first kappa shape index (κ1) is 15.9. The molecule has 124 valence electrons. The highest BCUT2D eigenvalue weighted by Gasteiger charge is 2.20. The Morgan fingerprint density at radius 1 is 1.25 bits per heavy atom. The second-order valence-electron chi connectivity index (χ2n) is 6.38. The minimum atomic E-state index is -0.316. The summed E-state index contributed by atoms with van der Waals surface area (Å²) in [4.78, 5) is 13.3. The monoisotopic (exact) mass is 326 g/mol. The Morgan fingerprint density at radius 3 is 2.67 bits per heavy atom. The summed E-state index contributed by atoms with van der Waals surface area (Å²) in [6.07, 6.45) is 0. The quantitative estimate of drug-likeness (QED) is 0.789. The van der Waals surface area contributed by atoms with Gasteiger partial charge in [0.2, 0.25) is 17.6 Å². The minimum absolute atomic E-state index is 0.0641. The summed E-state index contributed by atoms with van der Waals surface area (Å²) in [5.74, 6) is 0.454. The van der Waals surface area contributed by atoms with E-state index in [1.165, 1.54) is 4.80 Å². The van der Waals surface area contributed by atoms with Crippen LogP contribution in [-0.4, -0.2) is 31.3 Å². The summed E-state index contributed by atoms with van der Waals surface area (Å²) >= 11 is 0. The minimum Gasteiger partial charge on any atom is -0.338 e. The van der Waals surface area contributed by atoms with Crippen LogP contribution < -0.4 is 5.32 Å². The van der Waals surface area contributed by atoms with E-state index in [-0.39, 0.29) is 17.9 Å². The zero-order chi connectivity index (χ0) is 17.2. The molecule has 0 bridgehead atoms. The van der Waals surface area contributed by atoms with Gasteiger partial charge in [0.15, 0.2) is 0 Å². The van der Waals surface area contributed by atoms with Crippen molar-refractivity contribution in [1.29, 1.82) is 0 Å². The summed E-state index contributed by atoms with van der Waals surface area (Å²) < 4.78 is 5.13. The van der Waals surface area contributed by atoms with Crippen LogP contribution in [0.2, 0.25) is 0 Å².